The number of carbonyl (C=O) groups excluding carboxylic acids is 1. The van der Waals surface area contributed by atoms with Gasteiger partial charge in [-0.3, -0.25) is 4.79 Å². The third kappa shape index (κ3) is 2.49. The first-order valence-electron chi connectivity index (χ1n) is 5.88. The van der Waals surface area contributed by atoms with Crippen LogP contribution in [0.1, 0.15) is 48.5 Å². The Kier molecular flexibility index (Phi) is 3.08. The standard InChI is InChI=1S/C14H17FO/c1-11(16)13-6-4-5-12(9-13)10-14(15)7-2-3-8-14/h4-6,9H,2-3,7-8,10H2,1H3. The number of hydrogen-bond donors (Lipinski definition) is 0. The van der Waals surface area contributed by atoms with Crippen molar-refractivity contribution in [2.45, 2.75) is 44.7 Å². The van der Waals surface area contributed by atoms with Crippen LogP contribution in [0.3, 0.4) is 0 Å². The lowest BCUT2D eigenvalue weighted by Gasteiger charge is -2.18. The van der Waals surface area contributed by atoms with Gasteiger partial charge in [-0.05, 0) is 31.4 Å². The summed E-state index contributed by atoms with van der Waals surface area (Å²) >= 11 is 0. The molecule has 0 atom stereocenters. The van der Waals surface area contributed by atoms with Crippen molar-refractivity contribution in [1.29, 1.82) is 0 Å². The number of halogens is 1. The van der Waals surface area contributed by atoms with Gasteiger partial charge in [-0.25, -0.2) is 4.39 Å². The number of carbonyl (C=O) groups is 1. The van der Waals surface area contributed by atoms with Crippen LogP contribution in [-0.2, 0) is 6.42 Å². The first-order valence-corrected chi connectivity index (χ1v) is 5.88. The number of benzene rings is 1. The van der Waals surface area contributed by atoms with Crippen LogP contribution < -0.4 is 0 Å². The van der Waals surface area contributed by atoms with Gasteiger partial charge in [0.1, 0.15) is 5.67 Å². The minimum absolute atomic E-state index is 0.0428. The maximum absolute atomic E-state index is 14.2. The van der Waals surface area contributed by atoms with Gasteiger partial charge < -0.3 is 0 Å². The summed E-state index contributed by atoms with van der Waals surface area (Å²) in [6.45, 7) is 1.54. The average Bonchev–Trinajstić information content (AvgIpc) is 2.65. The molecule has 0 spiro atoms. The van der Waals surface area contributed by atoms with E-state index in [2.05, 4.69) is 0 Å². The van der Waals surface area contributed by atoms with E-state index in [1.165, 1.54) is 0 Å². The molecule has 0 heterocycles. The summed E-state index contributed by atoms with van der Waals surface area (Å²) < 4.78 is 14.2. The minimum atomic E-state index is -1.03. The predicted molar refractivity (Wildman–Crippen MR) is 62.5 cm³/mol. The molecular weight excluding hydrogens is 203 g/mol. The van der Waals surface area contributed by atoms with Gasteiger partial charge in [0.15, 0.2) is 5.78 Å². The molecule has 1 aromatic rings. The SMILES string of the molecule is CC(=O)c1cccc(CC2(F)CCCC2)c1. The molecule has 1 aliphatic rings. The van der Waals surface area contributed by atoms with Crippen LogP contribution >= 0.6 is 0 Å². The van der Waals surface area contributed by atoms with Gasteiger partial charge in [0.2, 0.25) is 0 Å². The number of ketones is 1. The van der Waals surface area contributed by atoms with Crippen molar-refractivity contribution in [1.82, 2.24) is 0 Å². The molecule has 0 N–H and O–H groups in total. The van der Waals surface area contributed by atoms with Crippen molar-refractivity contribution in [3.63, 3.8) is 0 Å². The van der Waals surface area contributed by atoms with E-state index in [0.29, 0.717) is 24.8 Å². The van der Waals surface area contributed by atoms with E-state index < -0.39 is 5.67 Å². The van der Waals surface area contributed by atoms with Crippen LogP contribution in [0.25, 0.3) is 0 Å². The van der Waals surface area contributed by atoms with Crippen molar-refractivity contribution in [2.75, 3.05) is 0 Å². The van der Waals surface area contributed by atoms with Crippen molar-refractivity contribution >= 4 is 5.78 Å². The Hall–Kier alpha value is -1.18. The molecule has 86 valence electrons. The lowest BCUT2D eigenvalue weighted by atomic mass is 9.93. The maximum atomic E-state index is 14.2. The summed E-state index contributed by atoms with van der Waals surface area (Å²) in [6.07, 6.45) is 3.76. The van der Waals surface area contributed by atoms with Gasteiger partial charge in [0.05, 0.1) is 0 Å². The third-order valence-corrected chi connectivity index (χ3v) is 3.35. The first-order chi connectivity index (χ1) is 7.59. The summed E-state index contributed by atoms with van der Waals surface area (Å²) in [7, 11) is 0. The van der Waals surface area contributed by atoms with Crippen LogP contribution in [0.15, 0.2) is 24.3 Å². The fourth-order valence-corrected chi connectivity index (χ4v) is 2.45. The second-order valence-electron chi connectivity index (χ2n) is 4.79. The van der Waals surface area contributed by atoms with Gasteiger partial charge >= 0.3 is 0 Å². The Bertz CT molecular complexity index is 391. The van der Waals surface area contributed by atoms with Crippen molar-refractivity contribution in [3.05, 3.63) is 35.4 Å². The van der Waals surface area contributed by atoms with E-state index in [1.54, 1.807) is 13.0 Å². The van der Waals surface area contributed by atoms with E-state index in [0.717, 1.165) is 18.4 Å². The topological polar surface area (TPSA) is 17.1 Å². The summed E-state index contributed by atoms with van der Waals surface area (Å²) in [4.78, 5) is 11.2. The van der Waals surface area contributed by atoms with E-state index in [4.69, 9.17) is 0 Å². The molecule has 1 aromatic carbocycles. The zero-order valence-corrected chi connectivity index (χ0v) is 9.63. The van der Waals surface area contributed by atoms with Gasteiger partial charge in [0.25, 0.3) is 0 Å². The monoisotopic (exact) mass is 220 g/mol. The number of alkyl halides is 1. The molecule has 16 heavy (non-hydrogen) atoms. The van der Waals surface area contributed by atoms with Crippen molar-refractivity contribution in [2.24, 2.45) is 0 Å². The molecule has 0 bridgehead atoms. The second kappa shape index (κ2) is 4.36. The molecule has 1 aliphatic carbocycles. The van der Waals surface area contributed by atoms with Crippen molar-refractivity contribution in [3.8, 4) is 0 Å². The molecule has 0 amide bonds. The van der Waals surface area contributed by atoms with E-state index in [-0.39, 0.29) is 5.78 Å². The second-order valence-corrected chi connectivity index (χ2v) is 4.79. The minimum Gasteiger partial charge on any atom is -0.295 e. The Labute approximate surface area is 95.7 Å². The molecule has 0 aromatic heterocycles. The van der Waals surface area contributed by atoms with Crippen LogP contribution in [0.2, 0.25) is 0 Å². The zero-order chi connectivity index (χ0) is 11.6. The Morgan fingerprint density at radius 2 is 2.06 bits per heavy atom. The summed E-state index contributed by atoms with van der Waals surface area (Å²) in [5.41, 5.74) is 0.589. The molecule has 1 nitrogen and oxygen atoms in total. The summed E-state index contributed by atoms with van der Waals surface area (Å²) in [5, 5.41) is 0. The highest BCUT2D eigenvalue weighted by molar-refractivity contribution is 5.94. The molecule has 0 saturated heterocycles. The van der Waals surface area contributed by atoms with Crippen LogP contribution in [-0.4, -0.2) is 11.5 Å². The van der Waals surface area contributed by atoms with Gasteiger partial charge in [-0.2, -0.15) is 0 Å². The maximum Gasteiger partial charge on any atom is 0.159 e. The summed E-state index contributed by atoms with van der Waals surface area (Å²) in [6, 6.07) is 7.35. The molecule has 2 rings (SSSR count). The number of hydrogen-bond acceptors (Lipinski definition) is 1. The fraction of sp³-hybridized carbons (Fsp3) is 0.500. The highest BCUT2D eigenvalue weighted by Crippen LogP contribution is 2.36. The van der Waals surface area contributed by atoms with Crippen molar-refractivity contribution < 1.29 is 9.18 Å². The molecule has 1 fully saturated rings. The smallest absolute Gasteiger partial charge is 0.159 e. The normalized spacial score (nSPS) is 18.6. The predicted octanol–water partition coefficient (Wildman–Crippen LogP) is 3.71. The zero-order valence-electron chi connectivity index (χ0n) is 9.63. The largest absolute Gasteiger partial charge is 0.295 e. The lowest BCUT2D eigenvalue weighted by Crippen LogP contribution is -2.21. The van der Waals surface area contributed by atoms with Crippen LogP contribution in [0.5, 0.6) is 0 Å². The first kappa shape index (κ1) is 11.3. The van der Waals surface area contributed by atoms with Gasteiger partial charge in [-0.1, -0.05) is 31.0 Å². The molecular formula is C14H17FO. The molecule has 1 saturated carbocycles. The average molecular weight is 220 g/mol. The van der Waals surface area contributed by atoms with Crippen LogP contribution in [0.4, 0.5) is 4.39 Å². The number of rotatable bonds is 3. The van der Waals surface area contributed by atoms with Gasteiger partial charge in [-0.15, -0.1) is 0 Å². The lowest BCUT2D eigenvalue weighted by molar-refractivity contribution is 0.101. The molecule has 2 heteroatoms. The Morgan fingerprint density at radius 1 is 1.38 bits per heavy atom. The van der Waals surface area contributed by atoms with E-state index >= 15 is 0 Å². The van der Waals surface area contributed by atoms with E-state index in [9.17, 15) is 9.18 Å². The quantitative estimate of drug-likeness (QED) is 0.710. The van der Waals surface area contributed by atoms with Crippen LogP contribution in [0, 0.1) is 0 Å². The third-order valence-electron chi connectivity index (χ3n) is 3.35. The Balaban J connectivity index is 2.15. The Morgan fingerprint density at radius 3 is 2.69 bits per heavy atom. The summed E-state index contributed by atoms with van der Waals surface area (Å²) in [5.74, 6) is 0.0428. The molecule has 0 unspecified atom stereocenters. The highest BCUT2D eigenvalue weighted by Gasteiger charge is 2.33. The number of Topliss-reactive ketones (excluding diaryl/α,β-unsaturated/α-hetero) is 1. The van der Waals surface area contributed by atoms with E-state index in [1.807, 2.05) is 18.2 Å². The molecule has 0 aliphatic heterocycles. The highest BCUT2D eigenvalue weighted by atomic mass is 19.1. The fourth-order valence-electron chi connectivity index (χ4n) is 2.45. The molecule has 0 radical (unpaired) electrons. The van der Waals surface area contributed by atoms with Gasteiger partial charge in [0, 0.05) is 12.0 Å².